The van der Waals surface area contributed by atoms with Gasteiger partial charge in [-0.15, -0.1) is 0 Å². The lowest BCUT2D eigenvalue weighted by Crippen LogP contribution is -2.43. The van der Waals surface area contributed by atoms with Gasteiger partial charge >= 0.3 is 0 Å². The number of rotatable bonds is 6. The Balaban J connectivity index is 1.55. The van der Waals surface area contributed by atoms with Crippen LogP contribution in [0.2, 0.25) is 0 Å². The highest BCUT2D eigenvalue weighted by Gasteiger charge is 2.35. The Hall–Kier alpha value is -2.42. The Morgan fingerprint density at radius 2 is 2.00 bits per heavy atom. The van der Waals surface area contributed by atoms with E-state index in [4.69, 9.17) is 9.88 Å². The third-order valence-corrected chi connectivity index (χ3v) is 6.62. The van der Waals surface area contributed by atoms with Crippen molar-refractivity contribution in [2.75, 3.05) is 13.1 Å². The molecule has 2 aromatic carbocycles. The van der Waals surface area contributed by atoms with Gasteiger partial charge in [0.1, 0.15) is 5.75 Å². The van der Waals surface area contributed by atoms with Gasteiger partial charge < -0.3 is 15.4 Å². The smallest absolute Gasteiger partial charge is 0.255 e. The van der Waals surface area contributed by atoms with Crippen molar-refractivity contribution in [1.29, 1.82) is 0 Å². The number of benzene rings is 2. The van der Waals surface area contributed by atoms with Gasteiger partial charge in [0.25, 0.3) is 5.91 Å². The second-order valence-electron chi connectivity index (χ2n) is 7.66. The molecule has 1 saturated heterocycles. The maximum absolute atomic E-state index is 13.1. The van der Waals surface area contributed by atoms with Gasteiger partial charge in [0.05, 0.1) is 5.56 Å². The molecular formula is C21H25N3O4S. The number of hydrogen-bond donors (Lipinski definition) is 3. The molecule has 4 N–H and O–H groups in total. The third-order valence-electron chi connectivity index (χ3n) is 5.63. The SMILES string of the molecule is NS(=O)(=O)C1Cc2cccc(C(=O)NC(Cc3ccccc3)C3CCNC3)c2O1. The molecule has 2 aliphatic rings. The minimum atomic E-state index is -3.85. The number of nitrogens with one attached hydrogen (secondary N) is 2. The summed E-state index contributed by atoms with van der Waals surface area (Å²) in [6.45, 7) is 1.79. The Bertz CT molecular complexity index is 988. The molecule has 0 saturated carbocycles. The van der Waals surface area contributed by atoms with E-state index in [1.165, 1.54) is 0 Å². The number of carbonyl (C=O) groups is 1. The fraction of sp³-hybridized carbons (Fsp3) is 0.381. The summed E-state index contributed by atoms with van der Waals surface area (Å²) < 4.78 is 28.9. The van der Waals surface area contributed by atoms with Gasteiger partial charge in [-0.25, -0.2) is 13.6 Å². The standard InChI is InChI=1S/C21H25N3O4S/c22-29(26,27)19-12-15-7-4-8-17(20(15)28-19)21(25)24-18(16-9-10-23-13-16)11-14-5-2-1-3-6-14/h1-8,16,18-19,23H,9-13H2,(H,24,25)(H2,22,26,27). The van der Waals surface area contributed by atoms with Crippen LogP contribution < -0.4 is 20.5 Å². The van der Waals surface area contributed by atoms with Crippen molar-refractivity contribution in [2.24, 2.45) is 11.1 Å². The molecule has 29 heavy (non-hydrogen) atoms. The first-order chi connectivity index (χ1) is 13.9. The van der Waals surface area contributed by atoms with Gasteiger partial charge in [-0.2, -0.15) is 0 Å². The van der Waals surface area contributed by atoms with E-state index in [0.717, 1.165) is 31.5 Å². The van der Waals surface area contributed by atoms with Crippen molar-refractivity contribution < 1.29 is 17.9 Å². The fourth-order valence-corrected chi connectivity index (χ4v) is 4.71. The maximum Gasteiger partial charge on any atom is 0.255 e. The minimum absolute atomic E-state index is 0.0359. The van der Waals surface area contributed by atoms with Crippen LogP contribution in [0, 0.1) is 5.92 Å². The van der Waals surface area contributed by atoms with Crippen LogP contribution in [0.4, 0.5) is 0 Å². The zero-order valence-corrected chi connectivity index (χ0v) is 16.8. The highest BCUT2D eigenvalue weighted by atomic mass is 32.2. The van der Waals surface area contributed by atoms with Crippen LogP contribution in [-0.4, -0.2) is 38.9 Å². The number of nitrogens with two attached hydrogens (primary N) is 1. The number of ether oxygens (including phenoxy) is 1. The quantitative estimate of drug-likeness (QED) is 0.656. The second kappa shape index (κ2) is 8.14. The molecule has 1 amide bonds. The predicted octanol–water partition coefficient (Wildman–Crippen LogP) is 1.19. The predicted molar refractivity (Wildman–Crippen MR) is 110 cm³/mol. The van der Waals surface area contributed by atoms with Gasteiger partial charge in [-0.1, -0.05) is 42.5 Å². The van der Waals surface area contributed by atoms with Gasteiger partial charge in [-0.3, -0.25) is 4.79 Å². The van der Waals surface area contributed by atoms with Crippen LogP contribution >= 0.6 is 0 Å². The van der Waals surface area contributed by atoms with Crippen LogP contribution in [-0.2, 0) is 22.9 Å². The molecule has 2 aliphatic heterocycles. The van der Waals surface area contributed by atoms with Crippen LogP contribution in [0.3, 0.4) is 0 Å². The van der Waals surface area contributed by atoms with Gasteiger partial charge in [0.15, 0.2) is 0 Å². The molecule has 154 valence electrons. The summed E-state index contributed by atoms with van der Waals surface area (Å²) in [5.74, 6) is 0.380. The average molecular weight is 416 g/mol. The summed E-state index contributed by atoms with van der Waals surface area (Å²) in [5.41, 5.74) is 1.04. The molecule has 8 heteroatoms. The first kappa shape index (κ1) is 19.9. The summed E-state index contributed by atoms with van der Waals surface area (Å²) in [6.07, 6.45) is 1.87. The molecule has 0 aromatic heterocycles. The van der Waals surface area contributed by atoms with E-state index in [9.17, 15) is 13.2 Å². The maximum atomic E-state index is 13.1. The lowest BCUT2D eigenvalue weighted by atomic mass is 9.92. The Morgan fingerprint density at radius 1 is 1.21 bits per heavy atom. The van der Waals surface area contributed by atoms with Crippen molar-refractivity contribution in [3.8, 4) is 5.75 Å². The van der Waals surface area contributed by atoms with Gasteiger partial charge in [0, 0.05) is 12.5 Å². The number of carbonyl (C=O) groups excluding carboxylic acids is 1. The van der Waals surface area contributed by atoms with Crippen molar-refractivity contribution in [3.63, 3.8) is 0 Å². The first-order valence-corrected chi connectivity index (χ1v) is 11.4. The van der Waals surface area contributed by atoms with E-state index in [1.807, 2.05) is 18.2 Å². The van der Waals surface area contributed by atoms with E-state index in [1.54, 1.807) is 18.2 Å². The summed E-state index contributed by atoms with van der Waals surface area (Å²) in [7, 11) is -3.85. The summed E-state index contributed by atoms with van der Waals surface area (Å²) in [5, 5.41) is 11.8. The second-order valence-corrected chi connectivity index (χ2v) is 9.36. The van der Waals surface area contributed by atoms with Crippen LogP contribution in [0.15, 0.2) is 48.5 Å². The molecule has 0 bridgehead atoms. The van der Waals surface area contributed by atoms with Crippen LogP contribution in [0.5, 0.6) is 5.75 Å². The highest BCUT2D eigenvalue weighted by Crippen LogP contribution is 2.34. The van der Waals surface area contributed by atoms with E-state index < -0.39 is 15.5 Å². The molecular weight excluding hydrogens is 390 g/mol. The first-order valence-electron chi connectivity index (χ1n) is 9.77. The van der Waals surface area contributed by atoms with Crippen molar-refractivity contribution in [1.82, 2.24) is 10.6 Å². The summed E-state index contributed by atoms with van der Waals surface area (Å²) >= 11 is 0. The van der Waals surface area contributed by atoms with Crippen molar-refractivity contribution in [2.45, 2.75) is 30.7 Å². The van der Waals surface area contributed by atoms with Crippen LogP contribution in [0.1, 0.15) is 27.9 Å². The molecule has 0 aliphatic carbocycles. The zero-order chi connectivity index (χ0) is 20.4. The monoisotopic (exact) mass is 415 g/mol. The lowest BCUT2D eigenvalue weighted by molar-refractivity contribution is 0.0920. The van der Waals surface area contributed by atoms with Crippen molar-refractivity contribution >= 4 is 15.9 Å². The number of primary sulfonamides is 1. The van der Waals surface area contributed by atoms with E-state index in [0.29, 0.717) is 22.8 Å². The number of fused-ring (bicyclic) bond motifs is 1. The molecule has 2 aromatic rings. The number of hydrogen-bond acceptors (Lipinski definition) is 5. The molecule has 7 nitrogen and oxygen atoms in total. The van der Waals surface area contributed by atoms with Gasteiger partial charge in [0.2, 0.25) is 15.5 Å². The van der Waals surface area contributed by atoms with Crippen molar-refractivity contribution in [3.05, 3.63) is 65.2 Å². The lowest BCUT2D eigenvalue weighted by Gasteiger charge is -2.25. The Morgan fingerprint density at radius 3 is 2.69 bits per heavy atom. The fourth-order valence-electron chi connectivity index (χ4n) is 4.07. The molecule has 4 rings (SSSR count). The van der Waals surface area contributed by atoms with Gasteiger partial charge in [-0.05, 0) is 49.0 Å². The summed E-state index contributed by atoms with van der Waals surface area (Å²) in [6, 6.07) is 15.2. The Labute approximate surface area is 170 Å². The van der Waals surface area contributed by atoms with E-state index in [-0.39, 0.29) is 18.4 Å². The minimum Gasteiger partial charge on any atom is -0.472 e. The van der Waals surface area contributed by atoms with E-state index in [2.05, 4.69) is 22.8 Å². The molecule has 3 unspecified atom stereocenters. The average Bonchev–Trinajstić information content (AvgIpc) is 3.37. The number of para-hydroxylation sites is 1. The zero-order valence-electron chi connectivity index (χ0n) is 16.0. The summed E-state index contributed by atoms with van der Waals surface area (Å²) in [4.78, 5) is 13.1. The highest BCUT2D eigenvalue weighted by molar-refractivity contribution is 7.89. The normalized spacial score (nSPS) is 22.0. The molecule has 1 fully saturated rings. The molecule has 3 atom stereocenters. The molecule has 0 radical (unpaired) electrons. The number of sulfonamides is 1. The van der Waals surface area contributed by atoms with E-state index >= 15 is 0 Å². The topological polar surface area (TPSA) is 111 Å². The number of amides is 1. The van der Waals surface area contributed by atoms with Crippen LogP contribution in [0.25, 0.3) is 0 Å². The molecule has 0 spiro atoms. The molecule has 2 heterocycles. The Kier molecular flexibility index (Phi) is 5.58. The third kappa shape index (κ3) is 4.44. The largest absolute Gasteiger partial charge is 0.472 e.